The third-order valence-electron chi connectivity index (χ3n) is 4.91. The number of ether oxygens (including phenoxy) is 3. The number of aryl methyl sites for hydroxylation is 1. The summed E-state index contributed by atoms with van der Waals surface area (Å²) in [5.74, 6) is 1.26. The van der Waals surface area contributed by atoms with Crippen molar-refractivity contribution < 1.29 is 28.6 Å². The van der Waals surface area contributed by atoms with Crippen molar-refractivity contribution >= 4 is 5.91 Å². The maximum absolute atomic E-state index is 13.1. The number of aromatic nitrogens is 1. The molecule has 31 heavy (non-hydrogen) atoms. The SMILES string of the molecule is COc1cc(-c2noc(C)c2C(=O)N[C@@H](CO)Cc2ccccc2)cc(OC)c1OC. The van der Waals surface area contributed by atoms with Crippen LogP contribution in [0.2, 0.25) is 0 Å². The molecule has 0 spiro atoms. The van der Waals surface area contributed by atoms with Crippen LogP contribution >= 0.6 is 0 Å². The van der Waals surface area contributed by atoms with Gasteiger partial charge in [0, 0.05) is 5.56 Å². The Hall–Kier alpha value is -3.52. The molecule has 1 heterocycles. The molecule has 0 saturated heterocycles. The number of methoxy groups -OCH3 is 3. The fourth-order valence-electron chi connectivity index (χ4n) is 3.37. The highest BCUT2D eigenvalue weighted by Crippen LogP contribution is 2.41. The van der Waals surface area contributed by atoms with Gasteiger partial charge >= 0.3 is 0 Å². The Bertz CT molecular complexity index is 1010. The molecule has 2 aromatic carbocycles. The van der Waals surface area contributed by atoms with Gasteiger partial charge in [-0.05, 0) is 31.0 Å². The van der Waals surface area contributed by atoms with Crippen LogP contribution in [0.1, 0.15) is 21.7 Å². The number of hydrogen-bond donors (Lipinski definition) is 2. The van der Waals surface area contributed by atoms with Crippen LogP contribution < -0.4 is 19.5 Å². The molecule has 0 aliphatic rings. The van der Waals surface area contributed by atoms with Gasteiger partial charge in [0.1, 0.15) is 17.0 Å². The zero-order chi connectivity index (χ0) is 22.4. The van der Waals surface area contributed by atoms with Crippen LogP contribution in [-0.2, 0) is 6.42 Å². The summed E-state index contributed by atoms with van der Waals surface area (Å²) in [6, 6.07) is 12.6. The molecule has 2 N–H and O–H groups in total. The first-order valence-electron chi connectivity index (χ1n) is 9.74. The minimum Gasteiger partial charge on any atom is -0.493 e. The first-order chi connectivity index (χ1) is 15.0. The number of nitrogens with one attached hydrogen (secondary N) is 1. The average Bonchev–Trinajstić information content (AvgIpc) is 3.19. The summed E-state index contributed by atoms with van der Waals surface area (Å²) < 4.78 is 21.5. The van der Waals surface area contributed by atoms with Gasteiger partial charge in [-0.1, -0.05) is 35.5 Å². The molecule has 0 aliphatic heterocycles. The van der Waals surface area contributed by atoms with Crippen molar-refractivity contribution in [1.82, 2.24) is 10.5 Å². The van der Waals surface area contributed by atoms with Gasteiger partial charge in [0.25, 0.3) is 5.91 Å². The van der Waals surface area contributed by atoms with Crippen LogP contribution in [0.15, 0.2) is 47.0 Å². The van der Waals surface area contributed by atoms with E-state index in [0.29, 0.717) is 40.7 Å². The molecule has 0 bridgehead atoms. The van der Waals surface area contributed by atoms with Crippen molar-refractivity contribution in [1.29, 1.82) is 0 Å². The summed E-state index contributed by atoms with van der Waals surface area (Å²) in [5.41, 5.74) is 2.19. The van der Waals surface area contributed by atoms with Crippen LogP contribution in [0, 0.1) is 6.92 Å². The molecule has 0 saturated carbocycles. The normalized spacial score (nSPS) is 11.6. The van der Waals surface area contributed by atoms with Crippen molar-refractivity contribution in [2.75, 3.05) is 27.9 Å². The van der Waals surface area contributed by atoms with Crippen LogP contribution in [0.5, 0.6) is 17.2 Å². The van der Waals surface area contributed by atoms with Gasteiger partial charge in [0.15, 0.2) is 11.5 Å². The number of hydrogen-bond acceptors (Lipinski definition) is 7. The molecule has 0 aliphatic carbocycles. The number of carbonyl (C=O) groups excluding carboxylic acids is 1. The Balaban J connectivity index is 1.92. The second-order valence-electron chi connectivity index (χ2n) is 6.92. The molecule has 8 nitrogen and oxygen atoms in total. The molecule has 0 fully saturated rings. The molecule has 1 amide bonds. The van der Waals surface area contributed by atoms with E-state index in [-0.39, 0.29) is 12.2 Å². The van der Waals surface area contributed by atoms with Gasteiger partial charge in [-0.2, -0.15) is 0 Å². The van der Waals surface area contributed by atoms with Gasteiger partial charge in [-0.25, -0.2) is 0 Å². The molecular weight excluding hydrogens is 400 g/mol. The first kappa shape index (κ1) is 22.2. The molecule has 164 valence electrons. The fraction of sp³-hybridized carbons (Fsp3) is 0.304. The van der Waals surface area contributed by atoms with E-state index in [1.54, 1.807) is 19.1 Å². The lowest BCUT2D eigenvalue weighted by atomic mass is 10.0. The highest BCUT2D eigenvalue weighted by molar-refractivity contribution is 6.01. The highest BCUT2D eigenvalue weighted by atomic mass is 16.5. The topological polar surface area (TPSA) is 103 Å². The quantitative estimate of drug-likeness (QED) is 0.542. The second-order valence-corrected chi connectivity index (χ2v) is 6.92. The van der Waals surface area contributed by atoms with Gasteiger partial charge in [-0.15, -0.1) is 0 Å². The van der Waals surface area contributed by atoms with Crippen LogP contribution in [0.25, 0.3) is 11.3 Å². The van der Waals surface area contributed by atoms with Crippen LogP contribution in [-0.4, -0.2) is 50.1 Å². The number of rotatable bonds is 9. The maximum Gasteiger partial charge on any atom is 0.257 e. The van der Waals surface area contributed by atoms with E-state index in [2.05, 4.69) is 10.5 Å². The zero-order valence-electron chi connectivity index (χ0n) is 18.0. The molecule has 1 atom stereocenters. The van der Waals surface area contributed by atoms with Crippen molar-refractivity contribution in [2.24, 2.45) is 0 Å². The molecule has 3 aromatic rings. The lowest BCUT2D eigenvalue weighted by Gasteiger charge is -2.17. The van der Waals surface area contributed by atoms with E-state index in [1.165, 1.54) is 21.3 Å². The number of aliphatic hydroxyl groups excluding tert-OH is 1. The fourth-order valence-corrected chi connectivity index (χ4v) is 3.37. The lowest BCUT2D eigenvalue weighted by Crippen LogP contribution is -2.39. The van der Waals surface area contributed by atoms with Gasteiger partial charge in [-0.3, -0.25) is 4.79 Å². The van der Waals surface area contributed by atoms with Crippen molar-refractivity contribution in [3.05, 3.63) is 59.4 Å². The van der Waals surface area contributed by atoms with Crippen LogP contribution in [0.3, 0.4) is 0 Å². The third kappa shape index (κ3) is 4.80. The minimum absolute atomic E-state index is 0.204. The number of benzene rings is 2. The number of carbonyl (C=O) groups is 1. The summed E-state index contributed by atoms with van der Waals surface area (Å²) >= 11 is 0. The predicted molar refractivity (Wildman–Crippen MR) is 115 cm³/mol. The predicted octanol–water partition coefficient (Wildman–Crippen LogP) is 3.01. The van der Waals surface area contributed by atoms with E-state index in [0.717, 1.165) is 5.56 Å². The zero-order valence-corrected chi connectivity index (χ0v) is 18.0. The lowest BCUT2D eigenvalue weighted by molar-refractivity contribution is 0.0915. The smallest absolute Gasteiger partial charge is 0.257 e. The average molecular weight is 426 g/mol. The summed E-state index contributed by atoms with van der Waals surface area (Å²) in [6.07, 6.45) is 0.493. The summed E-state index contributed by atoms with van der Waals surface area (Å²) in [4.78, 5) is 13.1. The van der Waals surface area contributed by atoms with Crippen molar-refractivity contribution in [3.63, 3.8) is 0 Å². The Morgan fingerprint density at radius 3 is 2.29 bits per heavy atom. The van der Waals surface area contributed by atoms with E-state index in [9.17, 15) is 9.90 Å². The molecule has 1 aromatic heterocycles. The van der Waals surface area contributed by atoms with E-state index in [4.69, 9.17) is 18.7 Å². The number of nitrogens with zero attached hydrogens (tertiary/aromatic N) is 1. The summed E-state index contributed by atoms with van der Waals surface area (Å²) in [6.45, 7) is 1.46. The Morgan fingerprint density at radius 1 is 1.10 bits per heavy atom. The van der Waals surface area contributed by atoms with E-state index in [1.807, 2.05) is 30.3 Å². The standard InChI is InChI=1S/C23H26N2O6/c1-14-20(23(27)24-17(13-26)10-15-8-6-5-7-9-15)21(25-31-14)16-11-18(28-2)22(30-4)19(12-16)29-3/h5-9,11-12,17,26H,10,13H2,1-4H3,(H,24,27)/t17-/m1/s1. The molecule has 8 heteroatoms. The Morgan fingerprint density at radius 2 is 1.74 bits per heavy atom. The van der Waals surface area contributed by atoms with Crippen molar-refractivity contribution in [3.8, 4) is 28.5 Å². The highest BCUT2D eigenvalue weighted by Gasteiger charge is 2.26. The second kappa shape index (κ2) is 9.99. The first-order valence-corrected chi connectivity index (χ1v) is 9.74. The van der Waals surface area contributed by atoms with Gasteiger partial charge in [0.2, 0.25) is 5.75 Å². The van der Waals surface area contributed by atoms with Gasteiger partial charge < -0.3 is 29.2 Å². The minimum atomic E-state index is -0.461. The van der Waals surface area contributed by atoms with Gasteiger partial charge in [0.05, 0.1) is 34.0 Å². The van der Waals surface area contributed by atoms with Crippen molar-refractivity contribution in [2.45, 2.75) is 19.4 Å². The molecule has 0 unspecified atom stereocenters. The molecule has 0 radical (unpaired) electrons. The third-order valence-corrected chi connectivity index (χ3v) is 4.91. The van der Waals surface area contributed by atoms with Crippen LogP contribution in [0.4, 0.5) is 0 Å². The largest absolute Gasteiger partial charge is 0.493 e. The summed E-state index contributed by atoms with van der Waals surface area (Å²) in [7, 11) is 4.54. The van der Waals surface area contributed by atoms with E-state index < -0.39 is 11.9 Å². The Labute approximate surface area is 180 Å². The van der Waals surface area contributed by atoms with E-state index >= 15 is 0 Å². The monoisotopic (exact) mass is 426 g/mol. The Kier molecular flexibility index (Phi) is 7.15. The number of aliphatic hydroxyl groups is 1. The maximum atomic E-state index is 13.1. The number of amides is 1. The summed E-state index contributed by atoms with van der Waals surface area (Å²) in [5, 5.41) is 16.7. The molecular formula is C23H26N2O6. The molecule has 3 rings (SSSR count).